The molecule has 0 N–H and O–H groups in total. The number of hydrogen-bond donors (Lipinski definition) is 0. The zero-order chi connectivity index (χ0) is 27.1. The molecular formula is C32H36N2O4S. The van der Waals surface area contributed by atoms with Crippen LogP contribution in [0.4, 0.5) is 11.4 Å². The molecule has 0 aromatic heterocycles. The minimum absolute atomic E-state index is 0.322. The van der Waals surface area contributed by atoms with Gasteiger partial charge in [0.05, 0.1) is 31.3 Å². The Morgan fingerprint density at radius 1 is 0.692 bits per heavy atom. The van der Waals surface area contributed by atoms with Crippen LogP contribution < -0.4 is 9.80 Å². The van der Waals surface area contributed by atoms with Crippen LogP contribution in [0.1, 0.15) is 21.9 Å². The predicted octanol–water partition coefficient (Wildman–Crippen LogP) is 5.45. The summed E-state index contributed by atoms with van der Waals surface area (Å²) in [7, 11) is -3.64. The van der Waals surface area contributed by atoms with Crippen molar-refractivity contribution in [1.29, 1.82) is 0 Å². The summed E-state index contributed by atoms with van der Waals surface area (Å²) in [5.41, 5.74) is 5.10. The lowest BCUT2D eigenvalue weighted by atomic mass is 10.1. The molecule has 204 valence electrons. The minimum atomic E-state index is -3.64. The van der Waals surface area contributed by atoms with Crippen molar-refractivity contribution in [3.63, 3.8) is 0 Å². The second-order valence-electron chi connectivity index (χ2n) is 9.90. The Hall–Kier alpha value is -3.39. The molecule has 0 aliphatic carbocycles. The molecule has 7 heteroatoms. The molecule has 3 aromatic rings. The van der Waals surface area contributed by atoms with E-state index in [1.807, 2.05) is 61.5 Å². The predicted molar refractivity (Wildman–Crippen MR) is 158 cm³/mol. The molecule has 0 amide bonds. The molecule has 39 heavy (non-hydrogen) atoms. The number of sulfone groups is 1. The number of rotatable bonds is 8. The van der Waals surface area contributed by atoms with Gasteiger partial charge in [0, 0.05) is 37.6 Å². The van der Waals surface area contributed by atoms with E-state index in [9.17, 15) is 8.42 Å². The maximum Gasteiger partial charge on any atom is 0.188 e. The standard InChI is InChI=1S/C32H36N2O4S/c1-26-6-16-31(17-7-26)39(35,36)32(28-10-14-30(15-11-28)34-20-24-38-25-21-34)5-3-2-4-27-8-12-29(13-9-27)33-18-22-37-23-19-33/h2-17,32H,18-25H2,1H3. The molecule has 5 rings (SSSR count). The number of benzene rings is 3. The van der Waals surface area contributed by atoms with Gasteiger partial charge in [0.1, 0.15) is 5.25 Å². The summed E-state index contributed by atoms with van der Waals surface area (Å²) >= 11 is 0. The Morgan fingerprint density at radius 2 is 1.21 bits per heavy atom. The van der Waals surface area contributed by atoms with Crippen LogP contribution >= 0.6 is 0 Å². The molecule has 6 nitrogen and oxygen atoms in total. The molecule has 0 spiro atoms. The fraction of sp³-hybridized carbons (Fsp3) is 0.312. The van der Waals surface area contributed by atoms with Gasteiger partial charge < -0.3 is 19.3 Å². The van der Waals surface area contributed by atoms with Crippen LogP contribution in [0.25, 0.3) is 6.08 Å². The zero-order valence-corrected chi connectivity index (χ0v) is 23.2. The summed E-state index contributed by atoms with van der Waals surface area (Å²) in [6, 6.07) is 23.4. The number of morpholine rings is 2. The first-order chi connectivity index (χ1) is 19.0. The number of nitrogens with zero attached hydrogens (tertiary/aromatic N) is 2. The van der Waals surface area contributed by atoms with Crippen molar-refractivity contribution in [2.75, 3.05) is 62.4 Å². The summed E-state index contributed by atoms with van der Waals surface area (Å²) in [5.74, 6) is 0. The van der Waals surface area contributed by atoms with E-state index in [1.54, 1.807) is 18.2 Å². The van der Waals surface area contributed by atoms with E-state index in [0.29, 0.717) is 18.1 Å². The number of anilines is 2. The fourth-order valence-corrected chi connectivity index (χ4v) is 6.54. The van der Waals surface area contributed by atoms with E-state index in [-0.39, 0.29) is 0 Å². The van der Waals surface area contributed by atoms with E-state index >= 15 is 0 Å². The van der Waals surface area contributed by atoms with Crippen LogP contribution in [0.5, 0.6) is 0 Å². The van der Waals surface area contributed by atoms with Gasteiger partial charge >= 0.3 is 0 Å². The summed E-state index contributed by atoms with van der Waals surface area (Å²) < 4.78 is 38.4. The highest BCUT2D eigenvalue weighted by Crippen LogP contribution is 2.32. The molecule has 1 unspecified atom stereocenters. The van der Waals surface area contributed by atoms with Gasteiger partial charge in [-0.3, -0.25) is 0 Å². The quantitative estimate of drug-likeness (QED) is 0.352. The highest BCUT2D eigenvalue weighted by Gasteiger charge is 2.27. The van der Waals surface area contributed by atoms with E-state index in [2.05, 4.69) is 34.1 Å². The van der Waals surface area contributed by atoms with Crippen molar-refractivity contribution in [1.82, 2.24) is 0 Å². The van der Waals surface area contributed by atoms with Gasteiger partial charge in [0.25, 0.3) is 0 Å². The minimum Gasteiger partial charge on any atom is -0.378 e. The third kappa shape index (κ3) is 6.79. The first-order valence-corrected chi connectivity index (χ1v) is 15.1. The Morgan fingerprint density at radius 3 is 1.74 bits per heavy atom. The summed E-state index contributed by atoms with van der Waals surface area (Å²) in [4.78, 5) is 4.91. The van der Waals surface area contributed by atoms with Crippen LogP contribution in [0.3, 0.4) is 0 Å². The lowest BCUT2D eigenvalue weighted by molar-refractivity contribution is 0.122. The number of aryl methyl sites for hydroxylation is 1. The molecule has 0 saturated carbocycles. The van der Waals surface area contributed by atoms with Gasteiger partial charge in [0.15, 0.2) is 9.84 Å². The van der Waals surface area contributed by atoms with Gasteiger partial charge in [-0.05, 0) is 54.4 Å². The van der Waals surface area contributed by atoms with Crippen molar-refractivity contribution in [2.24, 2.45) is 0 Å². The maximum absolute atomic E-state index is 13.8. The second-order valence-corrected chi connectivity index (χ2v) is 12.0. The van der Waals surface area contributed by atoms with Crippen molar-refractivity contribution in [3.05, 3.63) is 108 Å². The molecule has 1 atom stereocenters. The van der Waals surface area contributed by atoms with E-state index in [4.69, 9.17) is 9.47 Å². The van der Waals surface area contributed by atoms with Crippen LogP contribution in [-0.2, 0) is 19.3 Å². The Bertz CT molecular complexity index is 1370. The third-order valence-corrected chi connectivity index (χ3v) is 9.26. The normalized spacial score (nSPS) is 17.7. The highest BCUT2D eigenvalue weighted by molar-refractivity contribution is 7.91. The van der Waals surface area contributed by atoms with E-state index in [1.165, 1.54) is 5.69 Å². The average Bonchev–Trinajstić information content (AvgIpc) is 2.99. The van der Waals surface area contributed by atoms with Gasteiger partial charge in [0.2, 0.25) is 0 Å². The monoisotopic (exact) mass is 544 g/mol. The Balaban J connectivity index is 1.36. The second kappa shape index (κ2) is 12.6. The SMILES string of the molecule is Cc1ccc(S(=O)(=O)C(C=CC=Cc2ccc(N3CCOCC3)cc2)c2ccc(N3CCOCC3)cc2)cc1. The Kier molecular flexibility index (Phi) is 8.81. The maximum atomic E-state index is 13.8. The summed E-state index contributed by atoms with van der Waals surface area (Å²) in [5, 5.41) is -0.799. The van der Waals surface area contributed by atoms with Gasteiger partial charge in [-0.15, -0.1) is 0 Å². The van der Waals surface area contributed by atoms with Crippen LogP contribution in [-0.4, -0.2) is 61.0 Å². The van der Waals surface area contributed by atoms with Crippen molar-refractivity contribution in [3.8, 4) is 0 Å². The molecule has 2 aliphatic rings. The first-order valence-electron chi connectivity index (χ1n) is 13.5. The fourth-order valence-electron chi connectivity index (χ4n) is 4.91. The van der Waals surface area contributed by atoms with E-state index in [0.717, 1.165) is 61.8 Å². The third-order valence-electron chi connectivity index (χ3n) is 7.24. The molecular weight excluding hydrogens is 508 g/mol. The number of hydrogen-bond acceptors (Lipinski definition) is 6. The molecule has 2 saturated heterocycles. The van der Waals surface area contributed by atoms with Gasteiger partial charge in [-0.2, -0.15) is 0 Å². The smallest absolute Gasteiger partial charge is 0.188 e. The van der Waals surface area contributed by atoms with Crippen LogP contribution in [0, 0.1) is 6.92 Å². The summed E-state index contributed by atoms with van der Waals surface area (Å²) in [6.45, 7) is 8.37. The molecule has 2 fully saturated rings. The lowest BCUT2D eigenvalue weighted by Gasteiger charge is -2.29. The average molecular weight is 545 g/mol. The molecule has 2 heterocycles. The van der Waals surface area contributed by atoms with Crippen LogP contribution in [0.2, 0.25) is 0 Å². The lowest BCUT2D eigenvalue weighted by Crippen LogP contribution is -2.36. The largest absolute Gasteiger partial charge is 0.378 e. The molecule has 0 radical (unpaired) electrons. The van der Waals surface area contributed by atoms with Crippen molar-refractivity contribution >= 4 is 27.3 Å². The molecule has 2 aliphatic heterocycles. The molecule has 3 aromatic carbocycles. The number of ether oxygens (including phenoxy) is 2. The summed E-state index contributed by atoms with van der Waals surface area (Å²) in [6.07, 6.45) is 7.51. The van der Waals surface area contributed by atoms with Crippen molar-refractivity contribution in [2.45, 2.75) is 17.1 Å². The zero-order valence-electron chi connectivity index (χ0n) is 22.4. The number of allylic oxidation sites excluding steroid dienone is 2. The highest BCUT2D eigenvalue weighted by atomic mass is 32.2. The Labute approximate surface area is 232 Å². The van der Waals surface area contributed by atoms with Crippen molar-refractivity contribution < 1.29 is 17.9 Å². The molecule has 0 bridgehead atoms. The first kappa shape index (κ1) is 27.2. The van der Waals surface area contributed by atoms with Crippen LogP contribution in [0.15, 0.2) is 95.9 Å². The van der Waals surface area contributed by atoms with Gasteiger partial charge in [-0.1, -0.05) is 66.3 Å². The topological polar surface area (TPSA) is 59.1 Å². The van der Waals surface area contributed by atoms with E-state index < -0.39 is 15.1 Å². The van der Waals surface area contributed by atoms with Gasteiger partial charge in [-0.25, -0.2) is 8.42 Å².